The van der Waals surface area contributed by atoms with Crippen molar-refractivity contribution in [3.8, 4) is 0 Å². The Morgan fingerprint density at radius 3 is 2.69 bits per heavy atom. The van der Waals surface area contributed by atoms with Crippen LogP contribution in [0, 0.1) is 13.8 Å². The minimum atomic E-state index is -0.874. The number of benzene rings is 2. The summed E-state index contributed by atoms with van der Waals surface area (Å²) < 4.78 is 0. The van der Waals surface area contributed by atoms with Gasteiger partial charge in [0, 0.05) is 16.4 Å². The van der Waals surface area contributed by atoms with Gasteiger partial charge < -0.3 is 16.4 Å². The van der Waals surface area contributed by atoms with Crippen LogP contribution in [-0.2, 0) is 9.59 Å². The van der Waals surface area contributed by atoms with Crippen LogP contribution in [0.25, 0.3) is 0 Å². The van der Waals surface area contributed by atoms with Crippen molar-refractivity contribution in [2.75, 3.05) is 10.6 Å². The van der Waals surface area contributed by atoms with Crippen molar-refractivity contribution in [1.82, 2.24) is 5.32 Å². The zero-order valence-corrected chi connectivity index (χ0v) is 16.7. The molecular formula is C20H21ClN6O2. The lowest BCUT2D eigenvalue weighted by Gasteiger charge is -2.08. The molecule has 0 aromatic heterocycles. The number of nitrogens with zero attached hydrogens (tertiary/aromatic N) is 2. The van der Waals surface area contributed by atoms with Crippen LogP contribution < -0.4 is 21.7 Å². The van der Waals surface area contributed by atoms with E-state index in [2.05, 4.69) is 25.9 Å². The van der Waals surface area contributed by atoms with Gasteiger partial charge in [-0.05, 0) is 43.2 Å². The topological polar surface area (TPSA) is 121 Å². The number of anilines is 2. The number of carbonyl (C=O) groups is 2. The van der Waals surface area contributed by atoms with E-state index >= 15 is 0 Å². The molecule has 2 aromatic rings. The number of amides is 2. The number of nitrogens with two attached hydrogens (primary N) is 1. The first-order valence-corrected chi connectivity index (χ1v) is 9.31. The summed E-state index contributed by atoms with van der Waals surface area (Å²) in [5, 5.41) is 8.73. The van der Waals surface area contributed by atoms with Crippen LogP contribution in [0.1, 0.15) is 17.5 Å². The molecule has 3 rings (SSSR count). The Labute approximate surface area is 173 Å². The van der Waals surface area contributed by atoms with E-state index in [-0.39, 0.29) is 24.2 Å². The van der Waals surface area contributed by atoms with E-state index in [0.717, 1.165) is 16.8 Å². The fraction of sp³-hybridized carbons (Fsp3) is 0.200. The quantitative estimate of drug-likeness (QED) is 0.455. The Bertz CT molecular complexity index is 1020. The maximum atomic E-state index is 12.2. The molecule has 29 heavy (non-hydrogen) atoms. The third kappa shape index (κ3) is 5.32. The van der Waals surface area contributed by atoms with Crippen LogP contribution in [0.3, 0.4) is 0 Å². The highest BCUT2D eigenvalue weighted by atomic mass is 35.5. The molecule has 1 aliphatic heterocycles. The van der Waals surface area contributed by atoms with Crippen LogP contribution in [0.15, 0.2) is 52.4 Å². The van der Waals surface area contributed by atoms with E-state index in [1.54, 1.807) is 18.2 Å². The number of hydrogen-bond acceptors (Lipinski definition) is 4. The van der Waals surface area contributed by atoms with Crippen molar-refractivity contribution < 1.29 is 9.59 Å². The van der Waals surface area contributed by atoms with E-state index in [1.165, 1.54) is 0 Å². The lowest BCUT2D eigenvalue weighted by molar-refractivity contribution is -0.123. The van der Waals surface area contributed by atoms with Gasteiger partial charge in [-0.2, -0.15) is 4.99 Å². The lowest BCUT2D eigenvalue weighted by Crippen LogP contribution is -2.32. The van der Waals surface area contributed by atoms with Gasteiger partial charge in [0.05, 0.1) is 6.42 Å². The van der Waals surface area contributed by atoms with Crippen molar-refractivity contribution in [3.63, 3.8) is 0 Å². The van der Waals surface area contributed by atoms with Crippen molar-refractivity contribution in [1.29, 1.82) is 0 Å². The number of hydrogen-bond donors (Lipinski definition) is 4. The lowest BCUT2D eigenvalue weighted by atomic mass is 10.2. The highest BCUT2D eigenvalue weighted by Crippen LogP contribution is 2.20. The summed E-state index contributed by atoms with van der Waals surface area (Å²) in [6.45, 7) is 3.80. The summed E-state index contributed by atoms with van der Waals surface area (Å²) >= 11 is 6.06. The highest BCUT2D eigenvalue weighted by Gasteiger charge is 2.28. The third-order valence-electron chi connectivity index (χ3n) is 4.28. The Balaban J connectivity index is 1.62. The van der Waals surface area contributed by atoms with Gasteiger partial charge in [0.25, 0.3) is 5.91 Å². The number of aryl methyl sites for hydroxylation is 2. The van der Waals surface area contributed by atoms with Crippen molar-refractivity contribution >= 4 is 46.7 Å². The van der Waals surface area contributed by atoms with Crippen molar-refractivity contribution in [3.05, 3.63) is 58.6 Å². The standard InChI is InChI=1S/C20H21ClN6O2/c1-11-7-8-13(9-14(11)21)23-17(28)10-16-18(29)26-20(25-16)27-19(22)24-15-6-4-3-5-12(15)2/h3-9,16H,10H2,1-2H3,(H,23,28)(H4,22,24,25,26,27,29). The van der Waals surface area contributed by atoms with E-state index in [9.17, 15) is 9.59 Å². The third-order valence-corrected chi connectivity index (χ3v) is 4.69. The molecule has 1 aliphatic rings. The number of carbonyl (C=O) groups excluding carboxylic acids is 2. The molecule has 0 radical (unpaired) electrons. The first kappa shape index (κ1) is 20.3. The summed E-state index contributed by atoms with van der Waals surface area (Å²) in [7, 11) is 0. The monoisotopic (exact) mass is 412 g/mol. The molecule has 150 valence electrons. The predicted octanol–water partition coefficient (Wildman–Crippen LogP) is 2.57. The average molecular weight is 413 g/mol. The first-order valence-electron chi connectivity index (χ1n) is 8.93. The molecule has 0 bridgehead atoms. The maximum absolute atomic E-state index is 12.2. The van der Waals surface area contributed by atoms with Gasteiger partial charge in [-0.15, -0.1) is 0 Å². The molecule has 1 atom stereocenters. The first-order chi connectivity index (χ1) is 13.8. The number of halogens is 1. The minimum Gasteiger partial charge on any atom is -0.369 e. The molecule has 1 unspecified atom stereocenters. The number of guanidine groups is 2. The van der Waals surface area contributed by atoms with Crippen LogP contribution in [0.5, 0.6) is 0 Å². The molecule has 0 saturated heterocycles. The number of nitrogens with one attached hydrogen (secondary N) is 3. The molecule has 8 nitrogen and oxygen atoms in total. The molecular weight excluding hydrogens is 392 g/mol. The Morgan fingerprint density at radius 1 is 1.21 bits per heavy atom. The van der Waals surface area contributed by atoms with Gasteiger partial charge in [-0.3, -0.25) is 14.9 Å². The smallest absolute Gasteiger partial charge is 0.252 e. The predicted molar refractivity (Wildman–Crippen MR) is 115 cm³/mol. The largest absolute Gasteiger partial charge is 0.369 e. The van der Waals surface area contributed by atoms with E-state index in [0.29, 0.717) is 10.7 Å². The molecule has 0 aliphatic carbocycles. The van der Waals surface area contributed by atoms with Gasteiger partial charge >= 0.3 is 0 Å². The zero-order chi connectivity index (χ0) is 21.0. The van der Waals surface area contributed by atoms with E-state index in [1.807, 2.05) is 38.1 Å². The second-order valence-electron chi connectivity index (χ2n) is 6.61. The second kappa shape index (κ2) is 8.74. The Morgan fingerprint density at radius 2 is 1.97 bits per heavy atom. The van der Waals surface area contributed by atoms with Crippen molar-refractivity contribution in [2.45, 2.75) is 26.3 Å². The van der Waals surface area contributed by atoms with E-state index in [4.69, 9.17) is 17.3 Å². The zero-order valence-electron chi connectivity index (χ0n) is 16.0. The number of aliphatic imine (C=N–C) groups is 2. The molecule has 2 amide bonds. The van der Waals surface area contributed by atoms with Crippen LogP contribution in [0.4, 0.5) is 11.4 Å². The number of rotatable bonds is 4. The fourth-order valence-electron chi connectivity index (χ4n) is 2.68. The van der Waals surface area contributed by atoms with Gasteiger partial charge in [-0.25, -0.2) is 4.99 Å². The molecule has 0 saturated carbocycles. The van der Waals surface area contributed by atoms with Crippen LogP contribution in [-0.4, -0.2) is 29.8 Å². The van der Waals surface area contributed by atoms with Gasteiger partial charge in [0.15, 0.2) is 0 Å². The van der Waals surface area contributed by atoms with Gasteiger partial charge in [0.1, 0.15) is 6.04 Å². The molecule has 5 N–H and O–H groups in total. The molecule has 0 fully saturated rings. The fourth-order valence-corrected chi connectivity index (χ4v) is 2.86. The minimum absolute atomic E-state index is 0.0600. The van der Waals surface area contributed by atoms with E-state index < -0.39 is 11.9 Å². The summed E-state index contributed by atoms with van der Waals surface area (Å²) in [5.41, 5.74) is 9.14. The summed E-state index contributed by atoms with van der Waals surface area (Å²) in [6, 6.07) is 11.9. The van der Waals surface area contributed by atoms with Gasteiger partial charge in [0.2, 0.25) is 17.8 Å². The maximum Gasteiger partial charge on any atom is 0.252 e. The van der Waals surface area contributed by atoms with Gasteiger partial charge in [-0.1, -0.05) is 35.9 Å². The van der Waals surface area contributed by atoms with Crippen molar-refractivity contribution in [2.24, 2.45) is 15.7 Å². The summed E-state index contributed by atoms with van der Waals surface area (Å²) in [6.07, 6.45) is -0.124. The Kier molecular flexibility index (Phi) is 6.13. The molecule has 9 heteroatoms. The van der Waals surface area contributed by atoms with Crippen LogP contribution >= 0.6 is 11.6 Å². The SMILES string of the molecule is Cc1ccc(NC(=O)CC2N=C(/N=C(\N)Nc3ccccc3C)NC2=O)cc1Cl. The second-order valence-corrected chi connectivity index (χ2v) is 7.02. The summed E-state index contributed by atoms with van der Waals surface area (Å²) in [5.74, 6) is -0.628. The highest BCUT2D eigenvalue weighted by molar-refractivity contribution is 6.31. The Hall–Kier alpha value is -3.39. The normalized spacial score (nSPS) is 16.2. The molecule has 2 aromatic carbocycles. The summed E-state index contributed by atoms with van der Waals surface area (Å²) in [4.78, 5) is 32.6. The molecule has 0 spiro atoms. The molecule has 1 heterocycles. The van der Waals surface area contributed by atoms with Crippen LogP contribution in [0.2, 0.25) is 5.02 Å². The number of para-hydroxylation sites is 1. The average Bonchev–Trinajstić information content (AvgIpc) is 2.98.